The summed E-state index contributed by atoms with van der Waals surface area (Å²) in [7, 11) is 1.73. The molecule has 4 atom stereocenters. The van der Waals surface area contributed by atoms with Gasteiger partial charge in [-0.1, -0.05) is 6.42 Å². The first-order chi connectivity index (χ1) is 28.2. The van der Waals surface area contributed by atoms with Crippen molar-refractivity contribution in [2.45, 2.75) is 154 Å². The first-order valence-corrected chi connectivity index (χ1v) is 21.5. The summed E-state index contributed by atoms with van der Waals surface area (Å²) in [5, 5.41) is 6.29. The minimum atomic E-state index is -1.21. The zero-order chi connectivity index (χ0) is 42.3. The Labute approximate surface area is 345 Å². The Morgan fingerprint density at radius 1 is 0.881 bits per heavy atom. The predicted octanol–water partition coefficient (Wildman–Crippen LogP) is 8.45. The number of carbonyl (C=O) groups excluding carboxylic acids is 5. The second-order valence-corrected chi connectivity index (χ2v) is 17.8. The molecule has 15 heteroatoms. The van der Waals surface area contributed by atoms with Crippen molar-refractivity contribution in [3.63, 3.8) is 0 Å². The molecule has 2 heterocycles. The van der Waals surface area contributed by atoms with Gasteiger partial charge in [-0.25, -0.2) is 18.8 Å². The molecule has 14 nitrogen and oxygen atoms in total. The van der Waals surface area contributed by atoms with Gasteiger partial charge in [-0.15, -0.1) is 0 Å². The number of nitrogens with one attached hydrogen (secondary N) is 2. The Bertz CT molecular complexity index is 1770. The summed E-state index contributed by atoms with van der Waals surface area (Å²) in [4.78, 5) is 68.0. The number of benzene rings is 1. The van der Waals surface area contributed by atoms with Crippen LogP contribution in [0.4, 0.5) is 19.7 Å². The van der Waals surface area contributed by atoms with E-state index in [1.165, 1.54) is 13.0 Å². The van der Waals surface area contributed by atoms with E-state index in [9.17, 15) is 28.4 Å². The standard InChI is InChI=1S/C44H62FN3O11/c1-26(56-43(53)57-33-9-7-6-8-10-33)55-41(51)37-24-30-23-31(17-20-36(30)58-37)46-39(49)38-34(27-15-18-32(54-5)19-16-27)21-22-48(38)40(50)29-13-11-28(12-14-29)35(25-45)47-42(52)59-44(2,3)4/h17,20,23-24,26-29,32-35,38H,6-16,18-19,21-22,25H2,1-5H3,(H,46,49)(H,47,52)/t26?,27?,28?,29?,32?,34-,35+,38-/m0/s1. The van der Waals surface area contributed by atoms with Crippen molar-refractivity contribution < 1.29 is 56.5 Å². The van der Waals surface area contributed by atoms with Crippen molar-refractivity contribution >= 4 is 46.7 Å². The molecule has 4 aliphatic rings. The highest BCUT2D eigenvalue weighted by molar-refractivity contribution is 6.00. The quantitative estimate of drug-likeness (QED) is 0.119. The van der Waals surface area contributed by atoms with Crippen molar-refractivity contribution in [3.8, 4) is 0 Å². The molecule has 0 bridgehead atoms. The lowest BCUT2D eigenvalue weighted by atomic mass is 9.75. The van der Waals surface area contributed by atoms with E-state index in [2.05, 4.69) is 10.6 Å². The van der Waals surface area contributed by atoms with Crippen LogP contribution in [0.2, 0.25) is 0 Å². The minimum absolute atomic E-state index is 0.0368. The van der Waals surface area contributed by atoms with E-state index in [1.54, 1.807) is 51.0 Å². The highest BCUT2D eigenvalue weighted by Crippen LogP contribution is 2.42. The summed E-state index contributed by atoms with van der Waals surface area (Å²) in [6.45, 7) is 6.41. The number of fused-ring (bicyclic) bond motifs is 1. The van der Waals surface area contributed by atoms with Crippen LogP contribution in [0.15, 0.2) is 28.7 Å². The highest BCUT2D eigenvalue weighted by Gasteiger charge is 2.47. The van der Waals surface area contributed by atoms with Gasteiger partial charge in [0.2, 0.25) is 23.9 Å². The maximum Gasteiger partial charge on any atom is 0.511 e. The fourth-order valence-electron chi connectivity index (χ4n) is 9.54. The van der Waals surface area contributed by atoms with Gasteiger partial charge in [0.25, 0.3) is 0 Å². The first kappa shape index (κ1) is 44.2. The van der Waals surface area contributed by atoms with Gasteiger partial charge in [-0.3, -0.25) is 9.59 Å². The molecular formula is C44H62FN3O11. The van der Waals surface area contributed by atoms with Gasteiger partial charge in [-0.2, -0.15) is 0 Å². The van der Waals surface area contributed by atoms with Crippen LogP contribution in [0.3, 0.4) is 0 Å². The number of alkyl carbamates (subject to hydrolysis) is 1. The molecule has 2 N–H and O–H groups in total. The molecule has 326 valence electrons. The van der Waals surface area contributed by atoms with Crippen molar-refractivity contribution in [1.29, 1.82) is 0 Å². The third-order valence-electron chi connectivity index (χ3n) is 12.5. The molecule has 1 saturated heterocycles. The van der Waals surface area contributed by atoms with E-state index in [-0.39, 0.29) is 53.5 Å². The zero-order valence-corrected chi connectivity index (χ0v) is 35.1. The molecule has 1 aliphatic heterocycles. The number of hydrogen-bond acceptors (Lipinski definition) is 11. The summed E-state index contributed by atoms with van der Waals surface area (Å²) < 4.78 is 46.7. The van der Waals surface area contributed by atoms with Gasteiger partial charge in [0.1, 0.15) is 30.0 Å². The normalized spacial score (nSPS) is 26.4. The lowest BCUT2D eigenvalue weighted by Gasteiger charge is -2.38. The predicted molar refractivity (Wildman–Crippen MR) is 215 cm³/mol. The van der Waals surface area contributed by atoms with Crippen molar-refractivity contribution in [3.05, 3.63) is 30.0 Å². The molecule has 1 unspecified atom stereocenters. The van der Waals surface area contributed by atoms with Gasteiger partial charge < -0.3 is 43.6 Å². The van der Waals surface area contributed by atoms with Gasteiger partial charge in [0.15, 0.2) is 0 Å². The van der Waals surface area contributed by atoms with Crippen molar-refractivity contribution in [1.82, 2.24) is 10.2 Å². The van der Waals surface area contributed by atoms with Crippen LogP contribution in [0, 0.1) is 23.7 Å². The molecule has 59 heavy (non-hydrogen) atoms. The van der Waals surface area contributed by atoms with E-state index in [0.29, 0.717) is 55.3 Å². The van der Waals surface area contributed by atoms with Gasteiger partial charge in [0.05, 0.1) is 12.1 Å². The molecule has 1 aromatic heterocycles. The largest absolute Gasteiger partial charge is 0.511 e. The number of esters is 1. The molecule has 3 saturated carbocycles. The van der Waals surface area contributed by atoms with Gasteiger partial charge >= 0.3 is 18.2 Å². The first-order valence-electron chi connectivity index (χ1n) is 21.5. The van der Waals surface area contributed by atoms with Gasteiger partial charge in [-0.05, 0) is 146 Å². The van der Waals surface area contributed by atoms with Crippen LogP contribution in [0.1, 0.15) is 128 Å². The van der Waals surface area contributed by atoms with Crippen LogP contribution < -0.4 is 10.6 Å². The number of hydrogen-bond donors (Lipinski definition) is 2. The SMILES string of the molecule is COC1CCC([C@@H]2CCN(C(=O)C3CCC([C@@H](CF)NC(=O)OC(C)(C)C)CC3)[C@@H]2C(=O)Nc2ccc3oc(C(=O)OC(C)OC(=O)OC4CCCCC4)cc3c2)CC1. The maximum absolute atomic E-state index is 14.4. The zero-order valence-electron chi connectivity index (χ0n) is 35.1. The molecular weight excluding hydrogens is 765 g/mol. The minimum Gasteiger partial charge on any atom is -0.449 e. The summed E-state index contributed by atoms with van der Waals surface area (Å²) in [5.41, 5.74) is 0.155. The van der Waals surface area contributed by atoms with Crippen LogP contribution >= 0.6 is 0 Å². The molecule has 6 rings (SSSR count). The number of amides is 3. The number of furan rings is 1. The van der Waals surface area contributed by atoms with Crippen molar-refractivity contribution in [2.75, 3.05) is 25.6 Å². The van der Waals surface area contributed by atoms with E-state index in [1.807, 2.05) is 0 Å². The Morgan fingerprint density at radius 2 is 1.59 bits per heavy atom. The van der Waals surface area contributed by atoms with Crippen LogP contribution in [-0.2, 0) is 33.3 Å². The maximum atomic E-state index is 14.4. The van der Waals surface area contributed by atoms with E-state index < -0.39 is 48.9 Å². The van der Waals surface area contributed by atoms with Crippen molar-refractivity contribution in [2.24, 2.45) is 23.7 Å². The molecule has 0 radical (unpaired) electrons. The topological polar surface area (TPSA) is 172 Å². The number of ether oxygens (including phenoxy) is 5. The highest BCUT2D eigenvalue weighted by atomic mass is 19.1. The number of anilines is 1. The Hall–Kier alpha value is -4.40. The van der Waals surface area contributed by atoms with Crippen LogP contribution in [0.25, 0.3) is 11.0 Å². The van der Waals surface area contributed by atoms with Gasteiger partial charge in [0, 0.05) is 37.6 Å². The van der Waals surface area contributed by atoms with E-state index in [4.69, 9.17) is 28.1 Å². The molecule has 2 aromatic rings. The number of carbonyl (C=O) groups is 5. The molecule has 3 amide bonds. The number of halogens is 1. The number of nitrogens with zero attached hydrogens (tertiary/aromatic N) is 1. The second-order valence-electron chi connectivity index (χ2n) is 17.8. The summed E-state index contributed by atoms with van der Waals surface area (Å²) in [5.74, 6) is -1.52. The van der Waals surface area contributed by atoms with E-state index >= 15 is 0 Å². The second kappa shape index (κ2) is 19.8. The number of likely N-dealkylation sites (tertiary alicyclic amines) is 1. The number of rotatable bonds is 12. The monoisotopic (exact) mass is 827 g/mol. The summed E-state index contributed by atoms with van der Waals surface area (Å²) in [6, 6.07) is 5.13. The lowest BCUT2D eigenvalue weighted by Crippen LogP contribution is -2.50. The number of alkyl halides is 1. The fraction of sp³-hybridized carbons (Fsp3) is 0.705. The average molecular weight is 828 g/mol. The molecule has 0 spiro atoms. The summed E-state index contributed by atoms with van der Waals surface area (Å²) in [6.07, 6.45) is 8.37. The molecule has 4 fully saturated rings. The summed E-state index contributed by atoms with van der Waals surface area (Å²) >= 11 is 0. The van der Waals surface area contributed by atoms with Crippen LogP contribution in [0.5, 0.6) is 0 Å². The Morgan fingerprint density at radius 3 is 2.25 bits per heavy atom. The smallest absolute Gasteiger partial charge is 0.449 e. The lowest BCUT2D eigenvalue weighted by molar-refractivity contribution is -0.142. The van der Waals surface area contributed by atoms with Crippen LogP contribution in [-0.4, -0.2) is 91.4 Å². The average Bonchev–Trinajstić information content (AvgIpc) is 3.85. The third kappa shape index (κ3) is 11.7. The van der Waals surface area contributed by atoms with E-state index in [0.717, 1.165) is 57.8 Å². The molecule has 1 aromatic carbocycles. The number of methoxy groups -OCH3 is 1. The fourth-order valence-corrected chi connectivity index (χ4v) is 9.54. The third-order valence-corrected chi connectivity index (χ3v) is 12.5. The Kier molecular flexibility index (Phi) is 14.8. The Balaban J connectivity index is 1.09. The molecule has 3 aliphatic carbocycles.